The lowest BCUT2D eigenvalue weighted by molar-refractivity contribution is -0.130. The number of nitrogens with zero attached hydrogens (tertiary/aromatic N) is 5. The van der Waals surface area contributed by atoms with Crippen LogP contribution in [0.3, 0.4) is 0 Å². The summed E-state index contributed by atoms with van der Waals surface area (Å²) in [7, 11) is 7.42. The van der Waals surface area contributed by atoms with Crippen molar-refractivity contribution in [2.24, 2.45) is 22.7 Å². The van der Waals surface area contributed by atoms with Gasteiger partial charge in [0.25, 0.3) is 5.91 Å². The number of benzene rings is 1. The number of nitriles is 1. The minimum Gasteiger partial charge on any atom is -0.384 e. The molecule has 50 heavy (non-hydrogen) atoms. The van der Waals surface area contributed by atoms with Gasteiger partial charge in [0, 0.05) is 46.3 Å². The van der Waals surface area contributed by atoms with Crippen molar-refractivity contribution in [2.45, 2.75) is 101 Å². The van der Waals surface area contributed by atoms with Crippen molar-refractivity contribution in [3.8, 4) is 6.07 Å². The minimum atomic E-state index is -0.775. The molecule has 272 valence electrons. The van der Waals surface area contributed by atoms with Crippen LogP contribution in [0.1, 0.15) is 99.0 Å². The van der Waals surface area contributed by atoms with E-state index in [9.17, 15) is 14.9 Å². The average Bonchev–Trinajstić information content (AvgIpc) is 3.57. The maximum Gasteiger partial charge on any atom is 0.253 e. The molecule has 1 aliphatic heterocycles. The fourth-order valence-corrected chi connectivity index (χ4v) is 8.35. The maximum absolute atomic E-state index is 13.5. The Kier molecular flexibility index (Phi) is 13.7. The topological polar surface area (TPSA) is 156 Å². The molecule has 1 aromatic carbocycles. The van der Waals surface area contributed by atoms with Crippen LogP contribution < -0.4 is 22.4 Å². The van der Waals surface area contributed by atoms with Crippen LogP contribution in [-0.4, -0.2) is 85.7 Å². The molecular weight excluding hydrogens is 626 g/mol. The van der Waals surface area contributed by atoms with Crippen LogP contribution in [-0.2, 0) is 16.6 Å². The van der Waals surface area contributed by atoms with Crippen molar-refractivity contribution in [2.75, 3.05) is 41.3 Å². The summed E-state index contributed by atoms with van der Waals surface area (Å²) in [4.78, 5) is 31.8. The number of hydrazone groups is 1. The maximum atomic E-state index is 13.5. The lowest BCUT2D eigenvalue weighted by Crippen LogP contribution is -2.55. The molecule has 2 fully saturated rings. The number of allylic oxidation sites excluding steroid dienone is 3. The summed E-state index contributed by atoms with van der Waals surface area (Å²) in [6.45, 7) is 6.47. The molecule has 1 saturated carbocycles. The van der Waals surface area contributed by atoms with Gasteiger partial charge < -0.3 is 31.3 Å². The van der Waals surface area contributed by atoms with Gasteiger partial charge in [-0.2, -0.15) is 10.4 Å². The van der Waals surface area contributed by atoms with E-state index in [0.717, 1.165) is 75.3 Å². The average molecular weight is 686 g/mol. The summed E-state index contributed by atoms with van der Waals surface area (Å²) in [6, 6.07) is 7.96. The van der Waals surface area contributed by atoms with E-state index in [4.69, 9.17) is 11.7 Å². The van der Waals surface area contributed by atoms with E-state index < -0.39 is 5.41 Å². The molecule has 0 aromatic heterocycles. The van der Waals surface area contributed by atoms with Gasteiger partial charge in [-0.05, 0) is 111 Å². The molecule has 6 N–H and O–H groups in total. The number of amides is 2. The Morgan fingerprint density at radius 1 is 1.12 bits per heavy atom. The van der Waals surface area contributed by atoms with Crippen LogP contribution in [0.25, 0.3) is 0 Å². The number of likely N-dealkylation sites (tertiary alicyclic amines) is 1. The Bertz CT molecular complexity index is 1520. The highest BCUT2D eigenvalue weighted by Gasteiger charge is 2.48. The number of carbonyl (C=O) groups is 2. The first-order valence-corrected chi connectivity index (χ1v) is 18.2. The van der Waals surface area contributed by atoms with Gasteiger partial charge in [0.1, 0.15) is 6.04 Å². The van der Waals surface area contributed by atoms with Gasteiger partial charge in [-0.15, -0.1) is 0 Å². The number of hydrogen-bond acceptors (Lipinski definition) is 8. The first-order chi connectivity index (χ1) is 24.0. The Balaban J connectivity index is 0.00000105. The molecule has 5 rings (SSSR count). The fourth-order valence-electron chi connectivity index (χ4n) is 8.35. The molecule has 11 heteroatoms. The van der Waals surface area contributed by atoms with Gasteiger partial charge in [0.2, 0.25) is 5.91 Å². The van der Waals surface area contributed by atoms with E-state index in [1.54, 1.807) is 30.1 Å². The van der Waals surface area contributed by atoms with Crippen molar-refractivity contribution >= 4 is 17.6 Å². The van der Waals surface area contributed by atoms with E-state index in [-0.39, 0.29) is 30.4 Å². The van der Waals surface area contributed by atoms with Gasteiger partial charge in [0.15, 0.2) is 5.84 Å². The number of hydrazine groups is 1. The molecule has 3 aliphatic carbocycles. The summed E-state index contributed by atoms with van der Waals surface area (Å²) in [5, 5.41) is 17.7. The number of amidine groups is 1. The van der Waals surface area contributed by atoms with Gasteiger partial charge >= 0.3 is 0 Å². The quantitative estimate of drug-likeness (QED) is 0.128. The third-order valence-electron chi connectivity index (χ3n) is 11.0. The second kappa shape index (κ2) is 17.7. The Morgan fingerprint density at radius 3 is 2.46 bits per heavy atom. The summed E-state index contributed by atoms with van der Waals surface area (Å²) in [6.07, 6.45) is 15.4. The van der Waals surface area contributed by atoms with E-state index in [2.05, 4.69) is 47.6 Å². The number of nitrogens with one attached hydrogen (secondary N) is 2. The van der Waals surface area contributed by atoms with Crippen molar-refractivity contribution in [1.82, 2.24) is 25.4 Å². The summed E-state index contributed by atoms with van der Waals surface area (Å²) in [5.74, 6) is 13.3. The molecule has 2 amide bonds. The summed E-state index contributed by atoms with van der Waals surface area (Å²) in [5.41, 5.74) is 8.83. The Morgan fingerprint density at radius 2 is 1.84 bits per heavy atom. The molecule has 0 radical (unpaired) electrons. The molecule has 0 spiro atoms. The lowest BCUT2D eigenvalue weighted by Gasteiger charge is -2.44. The minimum absolute atomic E-state index is 0.0252. The normalized spacial score (nSPS) is 22.8. The summed E-state index contributed by atoms with van der Waals surface area (Å²) < 4.78 is 0. The molecule has 1 heterocycles. The molecule has 11 nitrogen and oxygen atoms in total. The molecule has 3 atom stereocenters. The predicted molar refractivity (Wildman–Crippen MR) is 201 cm³/mol. The summed E-state index contributed by atoms with van der Waals surface area (Å²) >= 11 is 0. The van der Waals surface area contributed by atoms with Gasteiger partial charge in [-0.1, -0.05) is 43.6 Å². The number of rotatable bonds is 9. The van der Waals surface area contributed by atoms with Gasteiger partial charge in [-0.25, -0.2) is 5.84 Å². The molecular formula is C39H59N9O2. The molecule has 4 aliphatic rings. The van der Waals surface area contributed by atoms with E-state index in [0.29, 0.717) is 30.3 Å². The number of fused-ring (bicyclic) bond motifs is 1. The SMILES string of the molecule is C=CN(C)C.CC1=CC2=C(CC1)C(CC(NCC(=O)N1CCCC1C#N)C1CCCCC1)(/C(=N/N)NN)c1ccc(C(=O)N(C)C)cc1CC2. The molecule has 0 bridgehead atoms. The van der Waals surface area contributed by atoms with Crippen molar-refractivity contribution < 1.29 is 9.59 Å². The first-order valence-electron chi connectivity index (χ1n) is 18.2. The van der Waals surface area contributed by atoms with Crippen LogP contribution in [0.4, 0.5) is 0 Å². The van der Waals surface area contributed by atoms with Crippen LogP contribution in [0.2, 0.25) is 0 Å². The van der Waals surface area contributed by atoms with Gasteiger partial charge in [-0.3, -0.25) is 9.59 Å². The second-order valence-corrected chi connectivity index (χ2v) is 14.7. The second-order valence-electron chi connectivity index (χ2n) is 14.7. The zero-order valence-corrected chi connectivity index (χ0v) is 30.9. The highest BCUT2D eigenvalue weighted by molar-refractivity contribution is 5.98. The number of carbonyl (C=O) groups excluding carboxylic acids is 2. The van der Waals surface area contributed by atoms with Gasteiger partial charge in [0.05, 0.1) is 18.0 Å². The van der Waals surface area contributed by atoms with Crippen LogP contribution in [0.5, 0.6) is 0 Å². The standard InChI is InChI=1S/C35H50N8O2.C4H9N/c1-23-11-15-29-25(18-23)12-13-26-19-27(33(45)42(2)3)14-16-30(26)35(29,34(40-37)41-38)20-31(24-8-5-4-6-9-24)39-22-32(44)43-17-7-10-28(43)21-36;1-4-5(2)3/h14,16,18-19,24,28,31,39H,4-13,15,17,20,22,37-38H2,1-3H3,(H,40,41);4H,1H2,2-3H3. The number of aryl methyl sites for hydroxylation is 1. The smallest absolute Gasteiger partial charge is 0.253 e. The lowest BCUT2D eigenvalue weighted by atomic mass is 9.63. The zero-order chi connectivity index (χ0) is 36.4. The van der Waals surface area contributed by atoms with Crippen LogP contribution in [0, 0.1) is 17.2 Å². The van der Waals surface area contributed by atoms with Crippen LogP contribution >= 0.6 is 0 Å². The Hall–Kier alpha value is -4.14. The monoisotopic (exact) mass is 685 g/mol. The first kappa shape index (κ1) is 38.7. The van der Waals surface area contributed by atoms with E-state index in [1.165, 1.54) is 23.1 Å². The third-order valence-corrected chi connectivity index (χ3v) is 11.0. The number of hydrogen-bond donors (Lipinski definition) is 4. The van der Waals surface area contributed by atoms with Crippen molar-refractivity contribution in [1.29, 1.82) is 5.26 Å². The largest absolute Gasteiger partial charge is 0.384 e. The zero-order valence-electron chi connectivity index (χ0n) is 30.9. The van der Waals surface area contributed by atoms with Crippen molar-refractivity contribution in [3.05, 3.63) is 70.5 Å². The third kappa shape index (κ3) is 8.59. The Labute approximate surface area is 299 Å². The van der Waals surface area contributed by atoms with Crippen molar-refractivity contribution in [3.63, 3.8) is 0 Å². The predicted octanol–water partition coefficient (Wildman–Crippen LogP) is 4.48. The van der Waals surface area contributed by atoms with E-state index >= 15 is 0 Å². The number of nitrogens with two attached hydrogens (primary N) is 2. The van der Waals surface area contributed by atoms with E-state index in [1.807, 2.05) is 31.1 Å². The fraction of sp³-hybridized carbons (Fsp3) is 0.590. The molecule has 3 unspecified atom stereocenters. The molecule has 1 saturated heterocycles. The molecule has 1 aromatic rings. The van der Waals surface area contributed by atoms with Crippen LogP contribution in [0.15, 0.2) is 58.9 Å². The highest BCUT2D eigenvalue weighted by Crippen LogP contribution is 2.49. The highest BCUT2D eigenvalue weighted by atomic mass is 16.2.